The SMILES string of the molecule is CSc1ccccc1NC(=O)N1CCCN(Cc2cccc(C)n2)CC1. The van der Waals surface area contributed by atoms with Crippen LogP contribution in [0.3, 0.4) is 0 Å². The first kappa shape index (κ1) is 18.7. The van der Waals surface area contributed by atoms with Crippen molar-refractivity contribution in [3.05, 3.63) is 53.9 Å². The summed E-state index contributed by atoms with van der Waals surface area (Å²) in [4.78, 5) is 22.6. The number of thioether (sulfide) groups is 1. The van der Waals surface area contributed by atoms with Gasteiger partial charge in [-0.3, -0.25) is 9.88 Å². The minimum atomic E-state index is -0.0120. The summed E-state index contributed by atoms with van der Waals surface area (Å²) in [6, 6.07) is 14.1. The van der Waals surface area contributed by atoms with E-state index in [2.05, 4.69) is 27.3 Å². The third kappa shape index (κ3) is 4.99. The zero-order chi connectivity index (χ0) is 18.4. The average Bonchev–Trinajstić information content (AvgIpc) is 2.88. The second kappa shape index (κ2) is 9.05. The lowest BCUT2D eigenvalue weighted by Crippen LogP contribution is -2.38. The molecule has 0 atom stereocenters. The van der Waals surface area contributed by atoms with Crippen LogP contribution in [0.25, 0.3) is 0 Å². The van der Waals surface area contributed by atoms with Gasteiger partial charge in [-0.2, -0.15) is 0 Å². The van der Waals surface area contributed by atoms with Gasteiger partial charge in [0.15, 0.2) is 0 Å². The standard InChI is InChI=1S/C20H26N4OS/c1-16-7-5-8-17(21-16)15-23-11-6-12-24(14-13-23)20(25)22-18-9-3-4-10-19(18)26-2/h3-5,7-10H,6,11-15H2,1-2H3,(H,22,25). The number of aromatic nitrogens is 1. The molecule has 0 bridgehead atoms. The van der Waals surface area contributed by atoms with Gasteiger partial charge < -0.3 is 10.2 Å². The third-order valence-corrected chi connectivity index (χ3v) is 5.35. The Hall–Kier alpha value is -2.05. The van der Waals surface area contributed by atoms with Gasteiger partial charge in [-0.25, -0.2) is 4.79 Å². The van der Waals surface area contributed by atoms with Crippen LogP contribution in [-0.2, 0) is 6.54 Å². The number of carbonyl (C=O) groups is 1. The Morgan fingerprint density at radius 2 is 1.96 bits per heavy atom. The Labute approximate surface area is 159 Å². The lowest BCUT2D eigenvalue weighted by Gasteiger charge is -2.22. The summed E-state index contributed by atoms with van der Waals surface area (Å²) in [5.74, 6) is 0. The molecule has 138 valence electrons. The number of hydrogen-bond donors (Lipinski definition) is 1. The van der Waals surface area contributed by atoms with E-state index in [4.69, 9.17) is 0 Å². The summed E-state index contributed by atoms with van der Waals surface area (Å²) in [7, 11) is 0. The third-order valence-electron chi connectivity index (χ3n) is 4.56. The van der Waals surface area contributed by atoms with Gasteiger partial charge in [-0.1, -0.05) is 18.2 Å². The van der Waals surface area contributed by atoms with E-state index in [-0.39, 0.29) is 6.03 Å². The van der Waals surface area contributed by atoms with Crippen molar-refractivity contribution >= 4 is 23.5 Å². The molecule has 0 saturated carbocycles. The molecule has 1 aromatic heterocycles. The highest BCUT2D eigenvalue weighted by molar-refractivity contribution is 7.98. The van der Waals surface area contributed by atoms with Crippen LogP contribution in [-0.4, -0.2) is 53.2 Å². The van der Waals surface area contributed by atoms with E-state index in [0.29, 0.717) is 0 Å². The van der Waals surface area contributed by atoms with Crippen LogP contribution in [0, 0.1) is 6.92 Å². The fraction of sp³-hybridized carbons (Fsp3) is 0.400. The van der Waals surface area contributed by atoms with E-state index in [0.717, 1.165) is 61.1 Å². The molecule has 1 saturated heterocycles. The van der Waals surface area contributed by atoms with Crippen LogP contribution >= 0.6 is 11.8 Å². The monoisotopic (exact) mass is 370 g/mol. The quantitative estimate of drug-likeness (QED) is 0.831. The number of carbonyl (C=O) groups excluding carboxylic acids is 1. The number of benzene rings is 1. The number of para-hydroxylation sites is 1. The molecule has 0 spiro atoms. The molecule has 0 unspecified atom stereocenters. The van der Waals surface area contributed by atoms with E-state index in [9.17, 15) is 4.79 Å². The predicted molar refractivity (Wildman–Crippen MR) is 108 cm³/mol. The maximum atomic E-state index is 12.7. The van der Waals surface area contributed by atoms with E-state index >= 15 is 0 Å². The van der Waals surface area contributed by atoms with Crippen LogP contribution in [0.5, 0.6) is 0 Å². The van der Waals surface area contributed by atoms with Crippen molar-refractivity contribution in [1.29, 1.82) is 0 Å². The number of hydrogen-bond acceptors (Lipinski definition) is 4. The Balaban J connectivity index is 1.57. The highest BCUT2D eigenvalue weighted by atomic mass is 32.2. The molecule has 5 nitrogen and oxygen atoms in total. The lowest BCUT2D eigenvalue weighted by atomic mass is 10.3. The van der Waals surface area contributed by atoms with Gasteiger partial charge in [0.1, 0.15) is 0 Å². The van der Waals surface area contributed by atoms with Crippen molar-refractivity contribution in [3.8, 4) is 0 Å². The van der Waals surface area contributed by atoms with Crippen molar-refractivity contribution in [3.63, 3.8) is 0 Å². The predicted octanol–water partition coefficient (Wildman–Crippen LogP) is 3.85. The minimum absolute atomic E-state index is 0.0120. The number of amides is 2. The van der Waals surface area contributed by atoms with Gasteiger partial charge in [-0.05, 0) is 43.9 Å². The van der Waals surface area contributed by atoms with Gasteiger partial charge >= 0.3 is 6.03 Å². The molecular formula is C20H26N4OS. The Morgan fingerprint density at radius 3 is 2.77 bits per heavy atom. The molecule has 1 aliphatic rings. The molecule has 3 rings (SSSR count). The van der Waals surface area contributed by atoms with Crippen molar-refractivity contribution in [2.75, 3.05) is 37.8 Å². The molecule has 1 fully saturated rings. The van der Waals surface area contributed by atoms with Gasteiger partial charge in [0.25, 0.3) is 0 Å². The molecule has 2 heterocycles. The summed E-state index contributed by atoms with van der Waals surface area (Å²) in [6.07, 6.45) is 3.00. The zero-order valence-electron chi connectivity index (χ0n) is 15.4. The van der Waals surface area contributed by atoms with Crippen molar-refractivity contribution < 1.29 is 4.79 Å². The Morgan fingerprint density at radius 1 is 1.12 bits per heavy atom. The van der Waals surface area contributed by atoms with Crippen LogP contribution in [0.1, 0.15) is 17.8 Å². The van der Waals surface area contributed by atoms with Gasteiger partial charge in [0.05, 0.1) is 11.4 Å². The largest absolute Gasteiger partial charge is 0.323 e. The molecule has 6 heteroatoms. The smallest absolute Gasteiger partial charge is 0.321 e. The normalized spacial score (nSPS) is 15.5. The summed E-state index contributed by atoms with van der Waals surface area (Å²) in [6.45, 7) is 6.23. The van der Waals surface area contributed by atoms with Crippen LogP contribution < -0.4 is 5.32 Å². The molecule has 1 aliphatic heterocycles. The first-order chi connectivity index (χ1) is 12.7. The van der Waals surface area contributed by atoms with Crippen LogP contribution in [0.2, 0.25) is 0 Å². The number of nitrogens with one attached hydrogen (secondary N) is 1. The maximum absolute atomic E-state index is 12.7. The van der Waals surface area contributed by atoms with Crippen molar-refractivity contribution in [2.24, 2.45) is 0 Å². The number of rotatable bonds is 4. The molecule has 0 radical (unpaired) electrons. The van der Waals surface area contributed by atoms with Gasteiger partial charge in [0, 0.05) is 43.3 Å². The van der Waals surface area contributed by atoms with Gasteiger partial charge in [-0.15, -0.1) is 11.8 Å². The lowest BCUT2D eigenvalue weighted by molar-refractivity contribution is 0.210. The summed E-state index contributed by atoms with van der Waals surface area (Å²) in [5, 5.41) is 3.07. The molecule has 2 amide bonds. The summed E-state index contributed by atoms with van der Waals surface area (Å²) in [5.41, 5.74) is 3.03. The molecule has 1 aromatic carbocycles. The molecule has 1 N–H and O–H groups in total. The Bertz CT molecular complexity index is 752. The highest BCUT2D eigenvalue weighted by Gasteiger charge is 2.20. The average molecular weight is 371 g/mol. The highest BCUT2D eigenvalue weighted by Crippen LogP contribution is 2.25. The first-order valence-corrected chi connectivity index (χ1v) is 10.2. The van der Waals surface area contributed by atoms with E-state index in [1.807, 2.05) is 48.4 Å². The van der Waals surface area contributed by atoms with Crippen LogP contribution in [0.4, 0.5) is 10.5 Å². The van der Waals surface area contributed by atoms with Crippen LogP contribution in [0.15, 0.2) is 47.4 Å². The fourth-order valence-electron chi connectivity index (χ4n) is 3.19. The van der Waals surface area contributed by atoms with Gasteiger partial charge in [0.2, 0.25) is 0 Å². The van der Waals surface area contributed by atoms with Crippen molar-refractivity contribution in [2.45, 2.75) is 24.8 Å². The molecule has 2 aromatic rings. The molecule has 26 heavy (non-hydrogen) atoms. The van der Waals surface area contributed by atoms with Crippen molar-refractivity contribution in [1.82, 2.24) is 14.8 Å². The zero-order valence-corrected chi connectivity index (χ0v) is 16.3. The topological polar surface area (TPSA) is 48.5 Å². The minimum Gasteiger partial charge on any atom is -0.323 e. The summed E-state index contributed by atoms with van der Waals surface area (Å²) >= 11 is 1.64. The van der Waals surface area contributed by atoms with E-state index in [1.165, 1.54) is 0 Å². The second-order valence-electron chi connectivity index (χ2n) is 6.52. The summed E-state index contributed by atoms with van der Waals surface area (Å²) < 4.78 is 0. The van der Waals surface area contributed by atoms with E-state index in [1.54, 1.807) is 11.8 Å². The number of anilines is 1. The second-order valence-corrected chi connectivity index (χ2v) is 7.37. The fourth-order valence-corrected chi connectivity index (χ4v) is 3.74. The number of urea groups is 1. The maximum Gasteiger partial charge on any atom is 0.321 e. The number of pyridine rings is 1. The number of nitrogens with zero attached hydrogens (tertiary/aromatic N) is 3. The molecule has 0 aliphatic carbocycles. The first-order valence-electron chi connectivity index (χ1n) is 8.99. The van der Waals surface area contributed by atoms with E-state index < -0.39 is 0 Å². The Kier molecular flexibility index (Phi) is 6.52. The molecular weight excluding hydrogens is 344 g/mol. The number of aryl methyl sites for hydroxylation is 1.